The number of amides is 1. The largest absolute Gasteiger partial charge is 0.385 e. The van der Waals surface area contributed by atoms with Crippen LogP contribution in [0.15, 0.2) is 36.6 Å². The number of carbonyl (C=O) groups excluding carboxylic acids is 1. The van der Waals surface area contributed by atoms with Crippen LogP contribution in [0.3, 0.4) is 0 Å². The van der Waals surface area contributed by atoms with Gasteiger partial charge in [-0.1, -0.05) is 18.7 Å². The van der Waals surface area contributed by atoms with Gasteiger partial charge in [-0.15, -0.1) is 0 Å². The quantitative estimate of drug-likeness (QED) is 0.692. The highest BCUT2D eigenvalue weighted by atomic mass is 16.2. The lowest BCUT2D eigenvalue weighted by molar-refractivity contribution is -0.132. The first-order valence-corrected chi connectivity index (χ1v) is 6.56. The van der Waals surface area contributed by atoms with Crippen LogP contribution in [-0.4, -0.2) is 42.5 Å². The first-order valence-electron chi connectivity index (χ1n) is 6.56. The molecule has 3 aliphatic rings. The second-order valence-electron chi connectivity index (χ2n) is 5.20. The lowest BCUT2D eigenvalue weighted by Crippen LogP contribution is -2.64. The average molecular weight is 245 g/mol. The maximum Gasteiger partial charge on any atom is 0.245 e. The molecule has 2 unspecified atom stereocenters. The molecule has 1 aliphatic carbocycles. The van der Waals surface area contributed by atoms with E-state index in [0.29, 0.717) is 18.0 Å². The molecule has 1 amide bonds. The van der Waals surface area contributed by atoms with Crippen molar-refractivity contribution in [2.24, 2.45) is 5.92 Å². The maximum atomic E-state index is 11.4. The molecule has 3 rings (SSSR count). The summed E-state index contributed by atoms with van der Waals surface area (Å²) in [4.78, 5) is 13.3. The highest BCUT2D eigenvalue weighted by Crippen LogP contribution is 2.24. The fourth-order valence-corrected chi connectivity index (χ4v) is 2.89. The van der Waals surface area contributed by atoms with Crippen molar-refractivity contribution >= 4 is 5.91 Å². The second-order valence-corrected chi connectivity index (χ2v) is 5.20. The number of fused-ring (bicyclic) bond motifs is 1. The smallest absolute Gasteiger partial charge is 0.245 e. The first kappa shape index (κ1) is 11.5. The normalized spacial score (nSPS) is 30.9. The Bertz CT molecular complexity index is 421. The van der Waals surface area contributed by atoms with Gasteiger partial charge in [0, 0.05) is 37.3 Å². The predicted octanol–water partition coefficient (Wildman–Crippen LogP) is 0.405. The zero-order valence-corrected chi connectivity index (χ0v) is 10.4. The lowest BCUT2D eigenvalue weighted by atomic mass is 9.87. The molecular formula is C14H19N3O. The number of hydrogen-bond donors (Lipinski definition) is 2. The Balaban J connectivity index is 1.54. The Hall–Kier alpha value is -1.55. The van der Waals surface area contributed by atoms with Crippen LogP contribution in [0.25, 0.3) is 0 Å². The number of rotatable bonds is 2. The van der Waals surface area contributed by atoms with Gasteiger partial charge < -0.3 is 15.5 Å². The van der Waals surface area contributed by atoms with E-state index in [0.717, 1.165) is 26.1 Å². The Kier molecular flexibility index (Phi) is 2.96. The van der Waals surface area contributed by atoms with Gasteiger partial charge in [0.25, 0.3) is 0 Å². The van der Waals surface area contributed by atoms with Crippen LogP contribution < -0.4 is 10.6 Å². The molecule has 0 spiro atoms. The van der Waals surface area contributed by atoms with Crippen molar-refractivity contribution in [3.8, 4) is 0 Å². The monoisotopic (exact) mass is 245 g/mol. The van der Waals surface area contributed by atoms with E-state index < -0.39 is 0 Å². The Morgan fingerprint density at radius 2 is 2.33 bits per heavy atom. The van der Waals surface area contributed by atoms with Crippen molar-refractivity contribution in [1.29, 1.82) is 0 Å². The summed E-state index contributed by atoms with van der Waals surface area (Å²) in [6.07, 6.45) is 8.90. The van der Waals surface area contributed by atoms with Gasteiger partial charge >= 0.3 is 0 Å². The fourth-order valence-electron chi connectivity index (χ4n) is 2.89. The van der Waals surface area contributed by atoms with E-state index in [4.69, 9.17) is 0 Å². The predicted molar refractivity (Wildman–Crippen MR) is 70.8 cm³/mol. The summed E-state index contributed by atoms with van der Waals surface area (Å²) in [6.45, 7) is 6.18. The SMILES string of the molecule is C=CC(=O)N1CC(C2CNC3=CC=CCC3N2)C1. The third-order valence-electron chi connectivity index (χ3n) is 4.07. The molecule has 4 heteroatoms. The average Bonchev–Trinajstić information content (AvgIpc) is 2.36. The molecule has 0 aromatic rings. The van der Waals surface area contributed by atoms with Crippen molar-refractivity contribution in [3.05, 3.63) is 36.6 Å². The lowest BCUT2D eigenvalue weighted by Gasteiger charge is -2.47. The van der Waals surface area contributed by atoms with Crippen LogP contribution >= 0.6 is 0 Å². The molecule has 0 radical (unpaired) electrons. The van der Waals surface area contributed by atoms with Crippen LogP contribution in [0.1, 0.15) is 6.42 Å². The first-order chi connectivity index (χ1) is 8.78. The zero-order chi connectivity index (χ0) is 12.5. The Morgan fingerprint density at radius 3 is 3.11 bits per heavy atom. The number of nitrogens with zero attached hydrogens (tertiary/aromatic N) is 1. The maximum absolute atomic E-state index is 11.4. The minimum Gasteiger partial charge on any atom is -0.385 e. The van der Waals surface area contributed by atoms with Crippen molar-refractivity contribution in [1.82, 2.24) is 15.5 Å². The number of carbonyl (C=O) groups is 1. The standard InChI is InChI=1S/C14H19N3O/c1-2-14(18)17-8-10(9-17)13-7-15-11-5-3-4-6-12(11)16-13/h2-5,10,12-13,15-16H,1,6-9H2. The van der Waals surface area contributed by atoms with Crippen LogP contribution in [0.5, 0.6) is 0 Å². The van der Waals surface area contributed by atoms with Gasteiger partial charge in [-0.3, -0.25) is 4.79 Å². The van der Waals surface area contributed by atoms with E-state index in [9.17, 15) is 4.79 Å². The van der Waals surface area contributed by atoms with Crippen molar-refractivity contribution < 1.29 is 4.79 Å². The van der Waals surface area contributed by atoms with Gasteiger partial charge in [0.15, 0.2) is 0 Å². The van der Waals surface area contributed by atoms with Crippen LogP contribution in [0, 0.1) is 5.92 Å². The van der Waals surface area contributed by atoms with E-state index in [1.165, 1.54) is 11.8 Å². The van der Waals surface area contributed by atoms with Gasteiger partial charge in [0.2, 0.25) is 5.91 Å². The fraction of sp³-hybridized carbons (Fsp3) is 0.500. The van der Waals surface area contributed by atoms with Crippen LogP contribution in [0.4, 0.5) is 0 Å². The summed E-state index contributed by atoms with van der Waals surface area (Å²) in [5.74, 6) is 0.616. The molecule has 2 atom stereocenters. The Morgan fingerprint density at radius 1 is 1.50 bits per heavy atom. The molecule has 2 saturated heterocycles. The molecule has 0 aromatic carbocycles. The molecule has 96 valence electrons. The molecule has 2 fully saturated rings. The van der Waals surface area contributed by atoms with Gasteiger partial charge in [0.05, 0.1) is 6.04 Å². The topological polar surface area (TPSA) is 44.4 Å². The minimum absolute atomic E-state index is 0.0520. The van der Waals surface area contributed by atoms with Gasteiger partial charge in [0.1, 0.15) is 0 Å². The summed E-state index contributed by atoms with van der Waals surface area (Å²) in [5, 5.41) is 7.19. The molecule has 18 heavy (non-hydrogen) atoms. The third kappa shape index (κ3) is 1.97. The summed E-state index contributed by atoms with van der Waals surface area (Å²) in [5.41, 5.74) is 1.30. The minimum atomic E-state index is 0.0520. The molecular weight excluding hydrogens is 226 g/mol. The summed E-state index contributed by atoms with van der Waals surface area (Å²) >= 11 is 0. The number of piperazine rings is 1. The molecule has 2 heterocycles. The number of allylic oxidation sites excluding steroid dienone is 2. The highest BCUT2D eigenvalue weighted by Gasteiger charge is 2.38. The number of likely N-dealkylation sites (tertiary alicyclic amines) is 1. The number of nitrogens with one attached hydrogen (secondary N) is 2. The zero-order valence-electron chi connectivity index (χ0n) is 10.4. The van der Waals surface area contributed by atoms with E-state index >= 15 is 0 Å². The van der Waals surface area contributed by atoms with E-state index in [1.54, 1.807) is 0 Å². The van der Waals surface area contributed by atoms with E-state index in [2.05, 4.69) is 35.4 Å². The number of hydrogen-bond acceptors (Lipinski definition) is 3. The van der Waals surface area contributed by atoms with Crippen molar-refractivity contribution in [3.63, 3.8) is 0 Å². The van der Waals surface area contributed by atoms with Gasteiger partial charge in [-0.05, 0) is 18.6 Å². The molecule has 0 aromatic heterocycles. The molecule has 0 saturated carbocycles. The van der Waals surface area contributed by atoms with E-state index in [1.807, 2.05) is 4.90 Å². The molecule has 4 nitrogen and oxygen atoms in total. The Labute approximate surface area is 107 Å². The van der Waals surface area contributed by atoms with Gasteiger partial charge in [-0.25, -0.2) is 0 Å². The molecule has 0 bridgehead atoms. The van der Waals surface area contributed by atoms with Gasteiger partial charge in [-0.2, -0.15) is 0 Å². The summed E-state index contributed by atoms with van der Waals surface area (Å²) in [6, 6.07) is 0.894. The highest BCUT2D eigenvalue weighted by molar-refractivity contribution is 5.87. The summed E-state index contributed by atoms with van der Waals surface area (Å²) < 4.78 is 0. The van der Waals surface area contributed by atoms with Crippen LogP contribution in [-0.2, 0) is 4.79 Å². The molecule has 2 aliphatic heterocycles. The van der Waals surface area contributed by atoms with Crippen molar-refractivity contribution in [2.45, 2.75) is 18.5 Å². The second kappa shape index (κ2) is 4.61. The molecule has 2 N–H and O–H groups in total. The van der Waals surface area contributed by atoms with Crippen molar-refractivity contribution in [2.75, 3.05) is 19.6 Å². The van der Waals surface area contributed by atoms with E-state index in [-0.39, 0.29) is 5.91 Å². The summed E-state index contributed by atoms with van der Waals surface area (Å²) in [7, 11) is 0. The third-order valence-corrected chi connectivity index (χ3v) is 4.07. The van der Waals surface area contributed by atoms with Crippen LogP contribution in [0.2, 0.25) is 0 Å².